The van der Waals surface area contributed by atoms with Gasteiger partial charge in [0.2, 0.25) is 0 Å². The van der Waals surface area contributed by atoms with Crippen LogP contribution in [-0.2, 0) is 16.1 Å². The highest BCUT2D eigenvalue weighted by molar-refractivity contribution is 5.83. The lowest BCUT2D eigenvalue weighted by Gasteiger charge is -2.37. The minimum absolute atomic E-state index is 0.411. The summed E-state index contributed by atoms with van der Waals surface area (Å²) in [5, 5.41) is 0. The lowest BCUT2D eigenvalue weighted by atomic mass is 9.99. The van der Waals surface area contributed by atoms with Crippen molar-refractivity contribution in [2.24, 2.45) is 0 Å². The maximum absolute atomic E-state index is 11.7. The second-order valence-electron chi connectivity index (χ2n) is 5.30. The number of carbonyl (C=O) groups excluding carboxylic acids is 1. The highest BCUT2D eigenvalue weighted by Crippen LogP contribution is 2.39. The van der Waals surface area contributed by atoms with Gasteiger partial charge in [-0.1, -0.05) is 18.2 Å². The molecule has 18 heavy (non-hydrogen) atoms. The standard InChI is InChI=1S/C15H19NO2/c1-18-10-11-4-2-3-5-15(11)16-12-6-7-13(16)9-14(17)8-12/h2-5,12-13H,6-10H2,1H3. The number of piperidine rings is 1. The molecule has 0 aliphatic carbocycles. The molecule has 1 aromatic rings. The van der Waals surface area contributed by atoms with Crippen LogP contribution in [0.3, 0.4) is 0 Å². The molecule has 2 atom stereocenters. The first-order valence-corrected chi connectivity index (χ1v) is 6.66. The van der Waals surface area contributed by atoms with Crippen molar-refractivity contribution in [3.8, 4) is 0 Å². The van der Waals surface area contributed by atoms with Crippen molar-refractivity contribution >= 4 is 11.5 Å². The van der Waals surface area contributed by atoms with Crippen LogP contribution in [0, 0.1) is 0 Å². The predicted molar refractivity (Wildman–Crippen MR) is 70.7 cm³/mol. The number of ether oxygens (including phenoxy) is 1. The monoisotopic (exact) mass is 245 g/mol. The van der Waals surface area contributed by atoms with Gasteiger partial charge in [-0.25, -0.2) is 0 Å². The SMILES string of the molecule is COCc1ccccc1N1C2CCC1CC(=O)C2. The van der Waals surface area contributed by atoms with E-state index in [1.165, 1.54) is 11.3 Å². The highest BCUT2D eigenvalue weighted by Gasteiger charge is 2.40. The Hall–Kier alpha value is -1.35. The molecule has 3 nitrogen and oxygen atoms in total. The molecule has 1 aromatic carbocycles. The normalized spacial score (nSPS) is 26.7. The van der Waals surface area contributed by atoms with E-state index in [4.69, 9.17) is 4.74 Å². The number of rotatable bonds is 3. The van der Waals surface area contributed by atoms with Crippen molar-refractivity contribution in [2.45, 2.75) is 44.4 Å². The molecule has 0 radical (unpaired) electrons. The van der Waals surface area contributed by atoms with E-state index in [1.54, 1.807) is 7.11 Å². The van der Waals surface area contributed by atoms with Crippen LogP contribution in [0.5, 0.6) is 0 Å². The van der Waals surface area contributed by atoms with E-state index in [0.29, 0.717) is 24.5 Å². The zero-order chi connectivity index (χ0) is 12.5. The van der Waals surface area contributed by atoms with E-state index in [2.05, 4.69) is 29.2 Å². The van der Waals surface area contributed by atoms with Crippen LogP contribution in [0.25, 0.3) is 0 Å². The van der Waals surface area contributed by atoms with Gasteiger partial charge in [-0.15, -0.1) is 0 Å². The number of hydrogen-bond donors (Lipinski definition) is 0. The first-order chi connectivity index (χ1) is 8.79. The Morgan fingerprint density at radius 2 is 1.89 bits per heavy atom. The Balaban J connectivity index is 1.93. The molecule has 2 unspecified atom stereocenters. The van der Waals surface area contributed by atoms with Crippen molar-refractivity contribution in [2.75, 3.05) is 12.0 Å². The third-order valence-electron chi connectivity index (χ3n) is 4.12. The van der Waals surface area contributed by atoms with Crippen molar-refractivity contribution in [3.63, 3.8) is 0 Å². The van der Waals surface area contributed by atoms with Gasteiger partial charge in [-0.3, -0.25) is 4.79 Å². The van der Waals surface area contributed by atoms with Crippen LogP contribution >= 0.6 is 0 Å². The lowest BCUT2D eigenvalue weighted by molar-refractivity contribution is -0.120. The molecule has 0 amide bonds. The molecule has 2 fully saturated rings. The molecule has 3 rings (SSSR count). The molecular formula is C15H19NO2. The highest BCUT2D eigenvalue weighted by atomic mass is 16.5. The van der Waals surface area contributed by atoms with Gasteiger partial charge in [0.25, 0.3) is 0 Å². The Morgan fingerprint density at radius 1 is 1.22 bits per heavy atom. The zero-order valence-corrected chi connectivity index (χ0v) is 10.8. The Morgan fingerprint density at radius 3 is 2.56 bits per heavy atom. The molecule has 96 valence electrons. The summed E-state index contributed by atoms with van der Waals surface area (Å²) in [6.07, 6.45) is 3.74. The second kappa shape index (κ2) is 4.73. The molecule has 0 N–H and O–H groups in total. The average molecular weight is 245 g/mol. The summed E-state index contributed by atoms with van der Waals surface area (Å²) in [7, 11) is 1.73. The topological polar surface area (TPSA) is 29.5 Å². The first-order valence-electron chi connectivity index (χ1n) is 6.66. The largest absolute Gasteiger partial charge is 0.380 e. The minimum atomic E-state index is 0.411. The van der Waals surface area contributed by atoms with Gasteiger partial charge in [-0.05, 0) is 18.9 Å². The fraction of sp³-hybridized carbons (Fsp3) is 0.533. The number of fused-ring (bicyclic) bond motifs is 2. The fourth-order valence-corrected chi connectivity index (χ4v) is 3.40. The van der Waals surface area contributed by atoms with E-state index in [1.807, 2.05) is 0 Å². The molecule has 2 saturated heterocycles. The molecule has 0 aromatic heterocycles. The Labute approximate surface area is 108 Å². The summed E-state index contributed by atoms with van der Waals surface area (Å²) < 4.78 is 5.28. The molecule has 2 aliphatic heterocycles. The van der Waals surface area contributed by atoms with Gasteiger partial charge >= 0.3 is 0 Å². The number of anilines is 1. The van der Waals surface area contributed by atoms with Crippen molar-refractivity contribution in [1.82, 2.24) is 0 Å². The van der Waals surface area contributed by atoms with Crippen molar-refractivity contribution < 1.29 is 9.53 Å². The maximum atomic E-state index is 11.7. The van der Waals surface area contributed by atoms with Crippen LogP contribution < -0.4 is 4.90 Å². The molecule has 3 heteroatoms. The van der Waals surface area contributed by atoms with E-state index in [9.17, 15) is 4.79 Å². The summed E-state index contributed by atoms with van der Waals surface area (Å²) in [5.41, 5.74) is 2.49. The number of methoxy groups -OCH3 is 1. The van der Waals surface area contributed by atoms with E-state index in [0.717, 1.165) is 25.7 Å². The van der Waals surface area contributed by atoms with Crippen LogP contribution in [0.1, 0.15) is 31.2 Å². The van der Waals surface area contributed by atoms with Crippen molar-refractivity contribution in [3.05, 3.63) is 29.8 Å². The van der Waals surface area contributed by atoms with Crippen LogP contribution in [0.4, 0.5) is 5.69 Å². The lowest BCUT2D eigenvalue weighted by Crippen LogP contribution is -2.43. The van der Waals surface area contributed by atoms with Crippen molar-refractivity contribution in [1.29, 1.82) is 0 Å². The number of ketones is 1. The van der Waals surface area contributed by atoms with Crippen LogP contribution in [0.2, 0.25) is 0 Å². The zero-order valence-electron chi connectivity index (χ0n) is 10.8. The number of para-hydroxylation sites is 1. The summed E-state index contributed by atoms with van der Waals surface area (Å²) in [5.74, 6) is 0.433. The number of hydrogen-bond acceptors (Lipinski definition) is 3. The van der Waals surface area contributed by atoms with Gasteiger partial charge in [-0.2, -0.15) is 0 Å². The van der Waals surface area contributed by atoms with E-state index in [-0.39, 0.29) is 0 Å². The second-order valence-corrected chi connectivity index (χ2v) is 5.30. The van der Waals surface area contributed by atoms with Gasteiger partial charge < -0.3 is 9.64 Å². The fourth-order valence-electron chi connectivity index (χ4n) is 3.40. The third-order valence-corrected chi connectivity index (χ3v) is 4.12. The summed E-state index contributed by atoms with van der Waals surface area (Å²) in [6, 6.07) is 9.23. The molecule has 0 spiro atoms. The summed E-state index contributed by atoms with van der Waals surface area (Å²) in [6.45, 7) is 0.639. The van der Waals surface area contributed by atoms with Crippen LogP contribution in [0.15, 0.2) is 24.3 Å². The summed E-state index contributed by atoms with van der Waals surface area (Å²) >= 11 is 0. The number of carbonyl (C=O) groups is 1. The van der Waals surface area contributed by atoms with Gasteiger partial charge in [0.05, 0.1) is 6.61 Å². The van der Waals surface area contributed by atoms with E-state index >= 15 is 0 Å². The van der Waals surface area contributed by atoms with Crippen LogP contribution in [-0.4, -0.2) is 25.0 Å². The molecule has 2 aliphatic rings. The minimum Gasteiger partial charge on any atom is -0.380 e. The quantitative estimate of drug-likeness (QED) is 0.819. The Kier molecular flexibility index (Phi) is 3.08. The number of nitrogens with zero attached hydrogens (tertiary/aromatic N) is 1. The molecule has 2 heterocycles. The van der Waals surface area contributed by atoms with Gasteiger partial charge in [0.1, 0.15) is 5.78 Å². The molecule has 0 saturated carbocycles. The number of benzene rings is 1. The number of Topliss-reactive ketones (excluding diaryl/α,β-unsaturated/α-hetero) is 1. The Bertz CT molecular complexity index is 442. The maximum Gasteiger partial charge on any atom is 0.137 e. The third kappa shape index (κ3) is 1.93. The predicted octanol–water partition coefficient (Wildman–Crippen LogP) is 2.53. The van der Waals surface area contributed by atoms with Gasteiger partial charge in [0.15, 0.2) is 0 Å². The summed E-state index contributed by atoms with van der Waals surface area (Å²) in [4.78, 5) is 14.1. The van der Waals surface area contributed by atoms with Gasteiger partial charge in [0, 0.05) is 43.3 Å². The molecule has 2 bridgehead atoms. The van der Waals surface area contributed by atoms with E-state index < -0.39 is 0 Å². The molecular weight excluding hydrogens is 226 g/mol. The smallest absolute Gasteiger partial charge is 0.137 e. The first kappa shape index (κ1) is 11.7. The average Bonchev–Trinajstić information content (AvgIpc) is 2.63.